The summed E-state index contributed by atoms with van der Waals surface area (Å²) in [6.45, 7) is 3.74. The van der Waals surface area contributed by atoms with E-state index >= 15 is 0 Å². The van der Waals surface area contributed by atoms with Crippen molar-refractivity contribution in [2.24, 2.45) is 0 Å². The predicted octanol–water partition coefficient (Wildman–Crippen LogP) is 3.81. The van der Waals surface area contributed by atoms with Crippen LogP contribution in [0.1, 0.15) is 19.4 Å². The first kappa shape index (κ1) is 14.7. The van der Waals surface area contributed by atoms with Crippen LogP contribution in [0.25, 0.3) is 0 Å². The molecule has 0 bridgehead atoms. The number of benzene rings is 1. The van der Waals surface area contributed by atoms with Crippen molar-refractivity contribution >= 4 is 45.6 Å². The number of aliphatic hydroxyl groups is 1. The average molecular weight is 294 g/mol. The lowest BCUT2D eigenvalue weighted by Gasteiger charge is -2.12. The minimum Gasteiger partial charge on any atom is -0.392 e. The summed E-state index contributed by atoms with van der Waals surface area (Å²) in [5, 5.41) is 12.2. The van der Waals surface area contributed by atoms with E-state index in [1.54, 1.807) is 0 Å². The van der Waals surface area contributed by atoms with Gasteiger partial charge in [0.05, 0.1) is 17.3 Å². The molecule has 0 saturated carbocycles. The molecule has 0 atom stereocenters. The Kier molecular flexibility index (Phi) is 5.66. The second kappa shape index (κ2) is 6.54. The zero-order chi connectivity index (χ0) is 13.0. The molecule has 94 valence electrons. The number of halogens is 2. The van der Waals surface area contributed by atoms with Crippen molar-refractivity contribution in [2.45, 2.75) is 25.7 Å². The van der Waals surface area contributed by atoms with E-state index < -0.39 is 5.82 Å². The zero-order valence-corrected chi connectivity index (χ0v) is 11.8. The fourth-order valence-corrected chi connectivity index (χ4v) is 2.73. The van der Waals surface area contributed by atoms with E-state index in [1.807, 2.05) is 13.8 Å². The van der Waals surface area contributed by atoms with Gasteiger partial charge in [0.15, 0.2) is 0 Å². The van der Waals surface area contributed by atoms with Crippen LogP contribution in [0.15, 0.2) is 12.1 Å². The first-order valence-electron chi connectivity index (χ1n) is 5.00. The lowest BCUT2D eigenvalue weighted by molar-refractivity contribution is 0.281. The molecule has 2 nitrogen and oxygen atoms in total. The molecule has 1 aromatic carbocycles. The number of thiocarbonyl (C=S) groups is 1. The highest BCUT2D eigenvalue weighted by Crippen LogP contribution is 2.28. The van der Waals surface area contributed by atoms with Gasteiger partial charge in [0.2, 0.25) is 0 Å². The number of aliphatic hydroxyl groups excluding tert-OH is 1. The number of rotatable bonds is 3. The van der Waals surface area contributed by atoms with Crippen molar-refractivity contribution in [3.8, 4) is 0 Å². The molecule has 0 aliphatic carbocycles. The van der Waals surface area contributed by atoms with Gasteiger partial charge in [-0.25, -0.2) is 4.39 Å². The summed E-state index contributed by atoms with van der Waals surface area (Å²) in [4.78, 5) is 0. The molecule has 0 unspecified atom stereocenters. The first-order valence-corrected chi connectivity index (χ1v) is 6.67. The molecule has 0 amide bonds. The molecule has 1 aromatic rings. The third-order valence-corrected chi connectivity index (χ3v) is 3.33. The van der Waals surface area contributed by atoms with E-state index in [1.165, 1.54) is 23.9 Å². The predicted molar refractivity (Wildman–Crippen MR) is 76.3 cm³/mol. The second-order valence-electron chi connectivity index (χ2n) is 3.67. The highest BCUT2D eigenvalue weighted by atomic mass is 35.5. The SMILES string of the molecule is CC(C)SC(=S)Nc1c(F)cc(CO)cc1Cl. The van der Waals surface area contributed by atoms with Crippen LogP contribution in [-0.4, -0.2) is 14.7 Å². The molecule has 2 N–H and O–H groups in total. The van der Waals surface area contributed by atoms with Crippen LogP contribution in [-0.2, 0) is 6.61 Å². The van der Waals surface area contributed by atoms with Gasteiger partial charge >= 0.3 is 0 Å². The van der Waals surface area contributed by atoms with Crippen LogP contribution in [0.5, 0.6) is 0 Å². The maximum atomic E-state index is 13.7. The van der Waals surface area contributed by atoms with E-state index in [0.29, 0.717) is 15.1 Å². The van der Waals surface area contributed by atoms with Gasteiger partial charge in [-0.3, -0.25) is 0 Å². The standard InChI is InChI=1S/C11H13ClFNOS2/c1-6(2)17-11(16)14-10-8(12)3-7(5-15)4-9(10)13/h3-4,6,15H,5H2,1-2H3,(H,14,16). The average Bonchev–Trinajstić information content (AvgIpc) is 2.22. The Bertz CT molecular complexity index is 403. The Morgan fingerprint density at radius 2 is 2.24 bits per heavy atom. The maximum Gasteiger partial charge on any atom is 0.148 e. The molecular weight excluding hydrogens is 281 g/mol. The van der Waals surface area contributed by atoms with Gasteiger partial charge in [-0.1, -0.05) is 49.4 Å². The van der Waals surface area contributed by atoms with E-state index in [-0.39, 0.29) is 17.3 Å². The fraction of sp³-hybridized carbons (Fsp3) is 0.364. The second-order valence-corrected chi connectivity index (χ2v) is 6.33. The molecule has 0 saturated heterocycles. The van der Waals surface area contributed by atoms with Gasteiger partial charge in [0, 0.05) is 5.25 Å². The van der Waals surface area contributed by atoms with Crippen molar-refractivity contribution in [3.63, 3.8) is 0 Å². The highest BCUT2D eigenvalue weighted by molar-refractivity contribution is 8.23. The molecule has 0 fully saturated rings. The maximum absolute atomic E-state index is 13.7. The number of hydrogen-bond donors (Lipinski definition) is 2. The summed E-state index contributed by atoms with van der Waals surface area (Å²) in [6.07, 6.45) is 0. The third-order valence-electron chi connectivity index (χ3n) is 1.85. The largest absolute Gasteiger partial charge is 0.392 e. The van der Waals surface area contributed by atoms with Crippen LogP contribution >= 0.6 is 35.6 Å². The summed E-state index contributed by atoms with van der Waals surface area (Å²) in [5.41, 5.74) is 0.586. The third kappa shape index (κ3) is 4.43. The molecule has 1 rings (SSSR count). The van der Waals surface area contributed by atoms with Gasteiger partial charge in [0.1, 0.15) is 10.1 Å². The monoisotopic (exact) mass is 293 g/mol. The Morgan fingerprint density at radius 1 is 1.59 bits per heavy atom. The normalized spacial score (nSPS) is 10.7. The lowest BCUT2D eigenvalue weighted by Crippen LogP contribution is -2.10. The molecule has 0 aliphatic heterocycles. The lowest BCUT2D eigenvalue weighted by atomic mass is 10.2. The molecule has 17 heavy (non-hydrogen) atoms. The van der Waals surface area contributed by atoms with Crippen LogP contribution in [0.4, 0.5) is 10.1 Å². The van der Waals surface area contributed by atoms with E-state index in [2.05, 4.69) is 5.32 Å². The summed E-state index contributed by atoms with van der Waals surface area (Å²) < 4.78 is 14.1. The fourth-order valence-electron chi connectivity index (χ4n) is 1.18. The van der Waals surface area contributed by atoms with Crippen molar-refractivity contribution in [3.05, 3.63) is 28.5 Å². The molecule has 0 aliphatic rings. The van der Waals surface area contributed by atoms with Crippen molar-refractivity contribution in [1.82, 2.24) is 0 Å². The number of nitrogens with one attached hydrogen (secondary N) is 1. The van der Waals surface area contributed by atoms with E-state index in [0.717, 1.165) is 0 Å². The Morgan fingerprint density at radius 3 is 2.71 bits per heavy atom. The number of anilines is 1. The number of hydrogen-bond acceptors (Lipinski definition) is 3. The summed E-state index contributed by atoms with van der Waals surface area (Å²) in [6, 6.07) is 2.74. The topological polar surface area (TPSA) is 32.3 Å². The highest BCUT2D eigenvalue weighted by Gasteiger charge is 2.11. The summed E-state index contributed by atoms with van der Waals surface area (Å²) >= 11 is 12.4. The van der Waals surface area contributed by atoms with Gasteiger partial charge in [-0.2, -0.15) is 0 Å². The van der Waals surface area contributed by atoms with Crippen LogP contribution in [0, 0.1) is 5.82 Å². The van der Waals surface area contributed by atoms with Gasteiger partial charge in [-0.15, -0.1) is 0 Å². The minimum atomic E-state index is -0.520. The molecule has 6 heteroatoms. The Labute approximate surface area is 115 Å². The Hall–Kier alpha value is -0.360. The zero-order valence-electron chi connectivity index (χ0n) is 9.46. The molecule has 0 spiro atoms. The summed E-state index contributed by atoms with van der Waals surface area (Å²) in [5.74, 6) is -0.520. The van der Waals surface area contributed by atoms with Crippen LogP contribution < -0.4 is 5.32 Å². The van der Waals surface area contributed by atoms with Gasteiger partial charge < -0.3 is 10.4 Å². The van der Waals surface area contributed by atoms with Gasteiger partial charge in [0.25, 0.3) is 0 Å². The van der Waals surface area contributed by atoms with E-state index in [9.17, 15) is 4.39 Å². The summed E-state index contributed by atoms with van der Waals surface area (Å²) in [7, 11) is 0. The number of thioether (sulfide) groups is 1. The minimum absolute atomic E-state index is 0.155. The van der Waals surface area contributed by atoms with Crippen molar-refractivity contribution in [1.29, 1.82) is 0 Å². The van der Waals surface area contributed by atoms with Crippen LogP contribution in [0.3, 0.4) is 0 Å². The Balaban J connectivity index is 2.88. The van der Waals surface area contributed by atoms with Crippen molar-refractivity contribution < 1.29 is 9.50 Å². The molecule has 0 aromatic heterocycles. The molecule has 0 heterocycles. The first-order chi connectivity index (χ1) is 7.93. The van der Waals surface area contributed by atoms with E-state index in [4.69, 9.17) is 28.9 Å². The van der Waals surface area contributed by atoms with Gasteiger partial charge in [-0.05, 0) is 17.7 Å². The van der Waals surface area contributed by atoms with Crippen molar-refractivity contribution in [2.75, 3.05) is 5.32 Å². The quantitative estimate of drug-likeness (QED) is 0.830. The smallest absolute Gasteiger partial charge is 0.148 e. The molecular formula is C11H13ClFNOS2. The van der Waals surface area contributed by atoms with Crippen LogP contribution in [0.2, 0.25) is 5.02 Å². The molecule has 0 radical (unpaired) electrons.